The lowest BCUT2D eigenvalue weighted by molar-refractivity contribution is -0.200. The summed E-state index contributed by atoms with van der Waals surface area (Å²) in [5.74, 6) is -17.1. The van der Waals surface area contributed by atoms with Crippen molar-refractivity contribution in [1.29, 1.82) is 0 Å². The molecular weight excluding hydrogens is 899 g/mol. The van der Waals surface area contributed by atoms with Gasteiger partial charge >= 0.3 is 17.9 Å². The smallest absolute Gasteiger partial charge is 0.332 e. The van der Waals surface area contributed by atoms with Gasteiger partial charge in [-0.25, -0.2) is 4.79 Å². The summed E-state index contributed by atoms with van der Waals surface area (Å²) in [6, 6.07) is 6.93. The number of Topliss-reactive ketones (excluding diaryl/α,β-unsaturated/α-hetero) is 3. The van der Waals surface area contributed by atoms with Crippen LogP contribution in [-0.2, 0) is 38.1 Å². The maximum absolute atomic E-state index is 14.0. The lowest BCUT2D eigenvalue weighted by Gasteiger charge is -2.42. The Morgan fingerprint density at radius 1 is 0.691 bits per heavy atom. The highest BCUT2D eigenvalue weighted by Crippen LogP contribution is 2.42. The van der Waals surface area contributed by atoms with E-state index in [0.717, 1.165) is 36.4 Å². The van der Waals surface area contributed by atoms with Gasteiger partial charge in [0.05, 0.1) is 47.3 Å². The number of hydrogen-bond donors (Lipinski definition) is 10. The molecule has 0 spiro atoms. The van der Waals surface area contributed by atoms with E-state index in [9.17, 15) is 79.5 Å². The van der Waals surface area contributed by atoms with Crippen LogP contribution in [0.15, 0.2) is 48.5 Å². The Bertz CT molecular complexity index is 2350. The Hall–Kier alpha value is -6.81. The Labute approximate surface area is 388 Å². The Balaban J connectivity index is 1.42. The number of para-hydroxylation sites is 2. The Kier molecular flexibility index (Phi) is 16.8. The summed E-state index contributed by atoms with van der Waals surface area (Å²) < 4.78 is 22.1. The van der Waals surface area contributed by atoms with Crippen molar-refractivity contribution in [2.75, 3.05) is 26.4 Å². The van der Waals surface area contributed by atoms with Crippen molar-refractivity contribution in [3.63, 3.8) is 0 Å². The molecule has 10 N–H and O–H groups in total. The summed E-state index contributed by atoms with van der Waals surface area (Å²) in [6.07, 6.45) is -7.17. The van der Waals surface area contributed by atoms with Gasteiger partial charge in [0.25, 0.3) is 5.91 Å². The molecule has 0 bridgehead atoms. The number of carbonyl (C=O) groups is 7. The van der Waals surface area contributed by atoms with Crippen LogP contribution in [0.3, 0.4) is 0 Å². The van der Waals surface area contributed by atoms with Crippen LogP contribution in [0.25, 0.3) is 0 Å². The third-order valence-electron chi connectivity index (χ3n) is 12.1. The fraction of sp³-hybridized carbons (Fsp3) is 0.468. The maximum atomic E-state index is 14.0. The average molecular weight is 954 g/mol. The first kappa shape index (κ1) is 52.2. The lowest BCUT2D eigenvalue weighted by Crippen LogP contribution is -2.49. The summed E-state index contributed by atoms with van der Waals surface area (Å²) in [5, 5.41) is 96.5. The van der Waals surface area contributed by atoms with Crippen LogP contribution in [0.5, 0.6) is 34.5 Å². The number of aliphatic hydroxyl groups excluding tert-OH is 3. The van der Waals surface area contributed by atoms with E-state index in [2.05, 4.69) is 5.32 Å². The van der Waals surface area contributed by atoms with E-state index in [-0.39, 0.29) is 24.2 Å². The van der Waals surface area contributed by atoms with Crippen LogP contribution in [0.1, 0.15) is 96.1 Å². The van der Waals surface area contributed by atoms with Gasteiger partial charge in [-0.1, -0.05) is 39.8 Å². The molecule has 2 aliphatic rings. The fourth-order valence-electron chi connectivity index (χ4n) is 7.88. The summed E-state index contributed by atoms with van der Waals surface area (Å²) in [6.45, 7) is 3.75. The number of amides is 1. The van der Waals surface area contributed by atoms with E-state index in [1.807, 2.05) is 0 Å². The number of ether oxygens (including phenoxy) is 4. The SMILES string of the molecule is CC1C(CCC(=O)C(CO)C(C)(C)C)OC(c2cc(O)c(O)c(C(=O)C[C@H]3COC(=O)[C@@H](NC(=O)c4cccc(O)c4O)COC(=O)[C@@H](CC(=O)c4cccc(O)c4O)COC3=O)c2)C(O)C1O. The second kappa shape index (κ2) is 21.9. The van der Waals surface area contributed by atoms with Crippen molar-refractivity contribution < 1.29 is 98.5 Å². The van der Waals surface area contributed by atoms with Gasteiger partial charge in [0.2, 0.25) is 0 Å². The molecule has 2 fully saturated rings. The van der Waals surface area contributed by atoms with E-state index in [1.165, 1.54) is 12.1 Å². The minimum absolute atomic E-state index is 0.0547. The number of nitrogens with one attached hydrogen (secondary N) is 1. The largest absolute Gasteiger partial charge is 0.504 e. The number of benzene rings is 3. The first-order valence-electron chi connectivity index (χ1n) is 21.5. The number of rotatable bonds is 14. The number of carbonyl (C=O) groups excluding carboxylic acids is 7. The van der Waals surface area contributed by atoms with Crippen molar-refractivity contribution in [3.05, 3.63) is 70.8 Å². The van der Waals surface area contributed by atoms with Crippen molar-refractivity contribution >= 4 is 41.2 Å². The molecule has 21 heteroatoms. The number of esters is 3. The van der Waals surface area contributed by atoms with Gasteiger partial charge in [0.1, 0.15) is 37.8 Å². The van der Waals surface area contributed by atoms with Crippen LogP contribution in [-0.4, -0.2) is 138 Å². The van der Waals surface area contributed by atoms with Crippen LogP contribution >= 0.6 is 0 Å². The molecular formula is C47H55NO20. The molecule has 9 atom stereocenters. The molecule has 21 nitrogen and oxygen atoms in total. The number of hydrogen-bond acceptors (Lipinski definition) is 20. The summed E-state index contributed by atoms with van der Waals surface area (Å²) in [5.41, 5.74) is -2.24. The second-order valence-electron chi connectivity index (χ2n) is 17.9. The molecule has 68 heavy (non-hydrogen) atoms. The number of aliphatic hydroxyl groups is 3. The van der Waals surface area contributed by atoms with E-state index in [0.29, 0.717) is 0 Å². The Morgan fingerprint density at radius 2 is 1.21 bits per heavy atom. The predicted octanol–water partition coefficient (Wildman–Crippen LogP) is 2.24. The third kappa shape index (κ3) is 12.0. The number of aromatic hydroxyl groups is 6. The van der Waals surface area contributed by atoms with Crippen molar-refractivity contribution in [2.45, 2.75) is 83.8 Å². The minimum Gasteiger partial charge on any atom is -0.504 e. The molecule has 368 valence electrons. The molecule has 0 radical (unpaired) electrons. The van der Waals surface area contributed by atoms with Crippen molar-refractivity contribution in [3.8, 4) is 34.5 Å². The van der Waals surface area contributed by atoms with Crippen LogP contribution in [0.2, 0.25) is 0 Å². The van der Waals surface area contributed by atoms with Gasteiger partial charge in [0.15, 0.2) is 52.1 Å². The number of phenols is 6. The topological polar surface area (TPSA) is 351 Å². The Morgan fingerprint density at radius 3 is 1.78 bits per heavy atom. The van der Waals surface area contributed by atoms with Crippen LogP contribution in [0.4, 0.5) is 0 Å². The van der Waals surface area contributed by atoms with E-state index >= 15 is 0 Å². The molecule has 3 aromatic rings. The second-order valence-corrected chi connectivity index (χ2v) is 17.9. The zero-order chi connectivity index (χ0) is 50.4. The summed E-state index contributed by atoms with van der Waals surface area (Å²) in [4.78, 5) is 94.4. The monoisotopic (exact) mass is 953 g/mol. The normalized spacial score (nSPS) is 24.2. The molecule has 5 rings (SSSR count). The molecule has 1 amide bonds. The molecule has 0 aliphatic carbocycles. The number of ketones is 3. The number of cyclic esters (lactones) is 3. The summed E-state index contributed by atoms with van der Waals surface area (Å²) >= 11 is 0. The maximum Gasteiger partial charge on any atom is 0.332 e. The molecule has 3 aromatic carbocycles. The van der Waals surface area contributed by atoms with Gasteiger partial charge in [-0.05, 0) is 53.8 Å². The fourth-order valence-corrected chi connectivity index (χ4v) is 7.88. The summed E-state index contributed by atoms with van der Waals surface area (Å²) in [7, 11) is 0. The predicted molar refractivity (Wildman–Crippen MR) is 231 cm³/mol. The highest BCUT2D eigenvalue weighted by Gasteiger charge is 2.44. The van der Waals surface area contributed by atoms with E-state index in [1.54, 1.807) is 27.7 Å². The number of phenolic OH excluding ortho intramolecular Hbond substituents is 6. The van der Waals surface area contributed by atoms with Crippen LogP contribution in [0, 0.1) is 29.1 Å². The van der Waals surface area contributed by atoms with Gasteiger partial charge in [-0.3, -0.25) is 28.8 Å². The van der Waals surface area contributed by atoms with Gasteiger partial charge < -0.3 is 70.2 Å². The quantitative estimate of drug-likeness (QED) is 0.0479. The van der Waals surface area contributed by atoms with Gasteiger partial charge in [0, 0.05) is 31.1 Å². The third-order valence-corrected chi connectivity index (χ3v) is 12.1. The highest BCUT2D eigenvalue weighted by atomic mass is 16.6. The molecule has 0 aromatic heterocycles. The van der Waals surface area contributed by atoms with Crippen LogP contribution < -0.4 is 5.32 Å². The van der Waals surface area contributed by atoms with Crippen molar-refractivity contribution in [2.24, 2.45) is 29.1 Å². The van der Waals surface area contributed by atoms with Gasteiger partial charge in [-0.2, -0.15) is 0 Å². The first-order valence-corrected chi connectivity index (χ1v) is 21.5. The molecule has 2 heterocycles. The molecule has 2 saturated heterocycles. The zero-order valence-corrected chi connectivity index (χ0v) is 37.5. The molecule has 0 saturated carbocycles. The highest BCUT2D eigenvalue weighted by molar-refractivity contribution is 6.03. The first-order chi connectivity index (χ1) is 31.9. The zero-order valence-electron chi connectivity index (χ0n) is 37.5. The lowest BCUT2D eigenvalue weighted by atomic mass is 9.76. The van der Waals surface area contributed by atoms with Gasteiger partial charge in [-0.15, -0.1) is 0 Å². The molecule has 6 unspecified atom stereocenters. The molecule has 2 aliphatic heterocycles. The van der Waals surface area contributed by atoms with E-state index in [4.69, 9.17) is 18.9 Å². The standard InChI is InChI=1S/C47H55NO20/c1-21-36(12-11-30(50)28(17-49)47(2,3)4)68-42(41(60)37(21)56)22-13-27(40(59)35(55)14-22)34(54)16-24-19-66-46(64)29(48-43(61)26-8-6-10-32(52)39(26)58)20-67-45(63)23(18-65-44(24)62)15-33(53)25-7-5-9-31(51)38(25)57/h5-10,13-14,21,23-24,28-29,36-37,41-42,49,51-52,55-60H,11-12,15-20H2,1-4H3,(H,48,61)/t21?,23-,24-,28?,29-,36?,37?,41?,42?/m0/s1. The van der Waals surface area contributed by atoms with Crippen molar-refractivity contribution in [1.82, 2.24) is 5.32 Å². The minimum atomic E-state index is -1.89. The average Bonchev–Trinajstić information content (AvgIpc) is 3.28. The van der Waals surface area contributed by atoms with E-state index < -0.39 is 185 Å².